The molecule has 0 fully saturated rings. The van der Waals surface area contributed by atoms with E-state index in [4.69, 9.17) is 9.15 Å². The number of unbranched alkanes of at least 4 members (excludes halogenated alkanes) is 1. The van der Waals surface area contributed by atoms with Gasteiger partial charge >= 0.3 is 5.97 Å². The SMILES string of the molecule is CCCCOC(=O)c1coc(-c2ccccc2)n1. The number of ether oxygens (including phenoxy) is 1. The summed E-state index contributed by atoms with van der Waals surface area (Å²) >= 11 is 0. The molecule has 2 aromatic rings. The number of nitrogens with zero attached hydrogens (tertiary/aromatic N) is 1. The van der Waals surface area contributed by atoms with Gasteiger partial charge in [0.05, 0.1) is 6.61 Å². The summed E-state index contributed by atoms with van der Waals surface area (Å²) in [6.45, 7) is 2.46. The van der Waals surface area contributed by atoms with E-state index in [9.17, 15) is 4.79 Å². The van der Waals surface area contributed by atoms with Crippen LogP contribution in [-0.2, 0) is 4.74 Å². The molecule has 1 heterocycles. The molecular formula is C14H15NO3. The fraction of sp³-hybridized carbons (Fsp3) is 0.286. The third-order valence-corrected chi connectivity index (χ3v) is 2.47. The fourth-order valence-electron chi connectivity index (χ4n) is 1.46. The monoisotopic (exact) mass is 245 g/mol. The lowest BCUT2D eigenvalue weighted by molar-refractivity contribution is 0.0493. The first-order valence-corrected chi connectivity index (χ1v) is 5.99. The van der Waals surface area contributed by atoms with E-state index in [1.54, 1.807) is 0 Å². The van der Waals surface area contributed by atoms with E-state index >= 15 is 0 Å². The van der Waals surface area contributed by atoms with Crippen molar-refractivity contribution in [2.24, 2.45) is 0 Å². The molecular weight excluding hydrogens is 230 g/mol. The Labute approximate surface area is 106 Å². The third kappa shape index (κ3) is 2.97. The van der Waals surface area contributed by atoms with Crippen molar-refractivity contribution in [3.63, 3.8) is 0 Å². The van der Waals surface area contributed by atoms with Crippen LogP contribution in [0.3, 0.4) is 0 Å². The van der Waals surface area contributed by atoms with E-state index in [2.05, 4.69) is 4.98 Å². The molecule has 18 heavy (non-hydrogen) atoms. The zero-order valence-electron chi connectivity index (χ0n) is 10.3. The molecule has 0 saturated heterocycles. The summed E-state index contributed by atoms with van der Waals surface area (Å²) in [7, 11) is 0. The number of benzene rings is 1. The Bertz CT molecular complexity index is 505. The van der Waals surface area contributed by atoms with Crippen LogP contribution in [0.25, 0.3) is 11.5 Å². The van der Waals surface area contributed by atoms with Crippen LogP contribution < -0.4 is 0 Å². The summed E-state index contributed by atoms with van der Waals surface area (Å²) in [5.41, 5.74) is 1.05. The Morgan fingerprint density at radius 1 is 1.33 bits per heavy atom. The van der Waals surface area contributed by atoms with E-state index in [1.807, 2.05) is 37.3 Å². The van der Waals surface area contributed by atoms with Crippen molar-refractivity contribution >= 4 is 5.97 Å². The summed E-state index contributed by atoms with van der Waals surface area (Å²) in [6, 6.07) is 9.43. The molecule has 0 aliphatic carbocycles. The van der Waals surface area contributed by atoms with Crippen LogP contribution in [-0.4, -0.2) is 17.6 Å². The Kier molecular flexibility index (Phi) is 4.12. The Morgan fingerprint density at radius 2 is 2.11 bits per heavy atom. The van der Waals surface area contributed by atoms with Gasteiger partial charge in [0.25, 0.3) is 0 Å². The van der Waals surface area contributed by atoms with E-state index in [1.165, 1.54) is 6.26 Å². The second-order valence-corrected chi connectivity index (χ2v) is 3.89. The summed E-state index contributed by atoms with van der Waals surface area (Å²) in [6.07, 6.45) is 3.17. The molecule has 0 aliphatic rings. The lowest BCUT2D eigenvalue weighted by Crippen LogP contribution is -2.06. The molecule has 2 rings (SSSR count). The number of carbonyl (C=O) groups excluding carboxylic acids is 1. The number of esters is 1. The molecule has 0 bridgehead atoms. The first-order valence-electron chi connectivity index (χ1n) is 5.99. The van der Waals surface area contributed by atoms with E-state index in [0.717, 1.165) is 18.4 Å². The number of hydrogen-bond donors (Lipinski definition) is 0. The van der Waals surface area contributed by atoms with Crippen LogP contribution in [0.1, 0.15) is 30.3 Å². The van der Waals surface area contributed by atoms with Crippen molar-refractivity contribution in [2.75, 3.05) is 6.61 Å². The van der Waals surface area contributed by atoms with Crippen LogP contribution >= 0.6 is 0 Å². The Morgan fingerprint density at radius 3 is 2.83 bits per heavy atom. The van der Waals surface area contributed by atoms with Gasteiger partial charge in [-0.2, -0.15) is 0 Å². The van der Waals surface area contributed by atoms with Crippen LogP contribution in [0.5, 0.6) is 0 Å². The van der Waals surface area contributed by atoms with Gasteiger partial charge in [-0.1, -0.05) is 31.5 Å². The molecule has 0 atom stereocenters. The van der Waals surface area contributed by atoms with Gasteiger partial charge in [0.15, 0.2) is 5.69 Å². The molecule has 0 saturated carbocycles. The summed E-state index contributed by atoms with van der Waals surface area (Å²) in [5, 5.41) is 0. The highest BCUT2D eigenvalue weighted by atomic mass is 16.5. The lowest BCUT2D eigenvalue weighted by atomic mass is 10.2. The average Bonchev–Trinajstić information content (AvgIpc) is 2.89. The molecule has 4 nitrogen and oxygen atoms in total. The molecule has 0 N–H and O–H groups in total. The quantitative estimate of drug-likeness (QED) is 0.599. The zero-order valence-corrected chi connectivity index (χ0v) is 10.3. The minimum absolute atomic E-state index is 0.213. The van der Waals surface area contributed by atoms with Gasteiger partial charge < -0.3 is 9.15 Å². The minimum Gasteiger partial charge on any atom is -0.461 e. The summed E-state index contributed by atoms with van der Waals surface area (Å²) < 4.78 is 10.3. The van der Waals surface area contributed by atoms with Gasteiger partial charge in [-0.25, -0.2) is 9.78 Å². The average molecular weight is 245 g/mol. The summed E-state index contributed by atoms with van der Waals surface area (Å²) in [4.78, 5) is 15.7. The highest BCUT2D eigenvalue weighted by Gasteiger charge is 2.14. The fourth-order valence-corrected chi connectivity index (χ4v) is 1.46. The smallest absolute Gasteiger partial charge is 0.360 e. The van der Waals surface area contributed by atoms with E-state index in [0.29, 0.717) is 12.5 Å². The summed E-state index contributed by atoms with van der Waals surface area (Å²) in [5.74, 6) is -0.00702. The van der Waals surface area contributed by atoms with E-state index in [-0.39, 0.29) is 5.69 Å². The first-order chi connectivity index (χ1) is 8.81. The Balaban J connectivity index is 2.04. The molecule has 4 heteroatoms. The van der Waals surface area contributed by atoms with Crippen molar-refractivity contribution in [1.82, 2.24) is 4.98 Å². The second kappa shape index (κ2) is 6.00. The predicted octanol–water partition coefficient (Wildman–Crippen LogP) is 3.30. The van der Waals surface area contributed by atoms with Crippen molar-refractivity contribution in [3.8, 4) is 11.5 Å². The molecule has 94 valence electrons. The molecule has 1 aromatic heterocycles. The topological polar surface area (TPSA) is 52.3 Å². The van der Waals surface area contributed by atoms with Gasteiger partial charge in [-0.15, -0.1) is 0 Å². The molecule has 0 radical (unpaired) electrons. The van der Waals surface area contributed by atoms with E-state index < -0.39 is 5.97 Å². The van der Waals surface area contributed by atoms with Crippen LogP contribution in [0, 0.1) is 0 Å². The van der Waals surface area contributed by atoms with Crippen LogP contribution in [0.4, 0.5) is 0 Å². The van der Waals surface area contributed by atoms with Gasteiger partial charge in [0, 0.05) is 5.56 Å². The molecule has 0 amide bonds. The normalized spacial score (nSPS) is 10.3. The second-order valence-electron chi connectivity index (χ2n) is 3.89. The van der Waals surface area contributed by atoms with Crippen molar-refractivity contribution in [1.29, 1.82) is 0 Å². The van der Waals surface area contributed by atoms with Crippen molar-refractivity contribution in [2.45, 2.75) is 19.8 Å². The van der Waals surface area contributed by atoms with Gasteiger partial charge in [0.1, 0.15) is 6.26 Å². The van der Waals surface area contributed by atoms with Crippen LogP contribution in [0.15, 0.2) is 41.0 Å². The van der Waals surface area contributed by atoms with Crippen molar-refractivity contribution in [3.05, 3.63) is 42.3 Å². The number of aromatic nitrogens is 1. The van der Waals surface area contributed by atoms with Crippen molar-refractivity contribution < 1.29 is 13.9 Å². The van der Waals surface area contributed by atoms with Gasteiger partial charge in [0.2, 0.25) is 5.89 Å². The third-order valence-electron chi connectivity index (χ3n) is 2.47. The van der Waals surface area contributed by atoms with Gasteiger partial charge in [-0.3, -0.25) is 0 Å². The predicted molar refractivity (Wildman–Crippen MR) is 67.1 cm³/mol. The maximum absolute atomic E-state index is 11.6. The largest absolute Gasteiger partial charge is 0.461 e. The number of hydrogen-bond acceptors (Lipinski definition) is 4. The highest BCUT2D eigenvalue weighted by Crippen LogP contribution is 2.18. The molecule has 0 unspecified atom stereocenters. The molecule has 0 aliphatic heterocycles. The molecule has 0 spiro atoms. The Hall–Kier alpha value is -2.10. The standard InChI is InChI=1S/C14H15NO3/c1-2-3-9-17-14(16)12-10-18-13(15-12)11-7-5-4-6-8-11/h4-8,10H,2-3,9H2,1H3. The highest BCUT2D eigenvalue weighted by molar-refractivity contribution is 5.87. The maximum atomic E-state index is 11.6. The first kappa shape index (κ1) is 12.4. The minimum atomic E-state index is -0.436. The number of rotatable bonds is 5. The lowest BCUT2D eigenvalue weighted by Gasteiger charge is -1.99. The number of carbonyl (C=O) groups is 1. The molecule has 1 aromatic carbocycles. The maximum Gasteiger partial charge on any atom is 0.360 e. The van der Waals surface area contributed by atoms with Gasteiger partial charge in [-0.05, 0) is 18.6 Å². The number of oxazole rings is 1. The van der Waals surface area contributed by atoms with Crippen LogP contribution in [0.2, 0.25) is 0 Å². The zero-order chi connectivity index (χ0) is 12.8.